The first-order valence-corrected chi connectivity index (χ1v) is 13.7. The van der Waals surface area contributed by atoms with Gasteiger partial charge in [0.25, 0.3) is 11.2 Å². The molecule has 0 radical (unpaired) electrons. The number of nitrogens with one attached hydrogen (secondary N) is 2. The monoisotopic (exact) mass is 601 g/mol. The Morgan fingerprint density at radius 2 is 1.79 bits per heavy atom. The second-order valence-electron chi connectivity index (χ2n) is 10.1. The molecule has 3 aliphatic rings. The number of H-pyrrole nitrogens is 2. The lowest BCUT2D eigenvalue weighted by Crippen LogP contribution is -2.61. The minimum atomic E-state index is -1.55. The molecule has 0 spiro atoms. The molecule has 6 heterocycles. The Morgan fingerprint density at radius 3 is 2.47 bits per heavy atom. The largest absolute Gasteiger partial charge is 0.394 e. The van der Waals surface area contributed by atoms with Gasteiger partial charge in [0.2, 0.25) is 11.8 Å². The van der Waals surface area contributed by atoms with E-state index in [1.165, 1.54) is 23.3 Å². The van der Waals surface area contributed by atoms with Crippen molar-refractivity contribution in [2.75, 3.05) is 64.1 Å². The van der Waals surface area contributed by atoms with Crippen LogP contribution in [-0.2, 0) is 20.1 Å². The summed E-state index contributed by atoms with van der Waals surface area (Å²) >= 11 is 0. The van der Waals surface area contributed by atoms with Crippen LogP contribution in [0.3, 0.4) is 0 Å². The van der Waals surface area contributed by atoms with Crippen molar-refractivity contribution in [2.24, 2.45) is 0 Å². The number of rotatable bonds is 5. The van der Waals surface area contributed by atoms with E-state index in [2.05, 4.69) is 24.9 Å². The number of fused-ring (bicyclic) bond motifs is 2. The topological polar surface area (TPSA) is 230 Å². The highest BCUT2D eigenvalue weighted by molar-refractivity contribution is 5.86. The van der Waals surface area contributed by atoms with Crippen LogP contribution in [0.1, 0.15) is 0 Å². The van der Waals surface area contributed by atoms with Crippen molar-refractivity contribution >= 4 is 33.8 Å². The predicted octanol–water partition coefficient (Wildman–Crippen LogP) is -1.52. The fourth-order valence-corrected chi connectivity index (χ4v) is 5.59. The standard InChI is InChI=1S/C14H19N5O6.C11H12N4O3/c20-5-8-10(21)11(22)14(25-8,18-1-3-24-4-2-18)19-7-17-9-12(19)15-6-16-13(9)23;16-15(17)9-3-1-2-8-10(9)13-11(12-8)14-4-6-18-7-5-14/h6-8,10-11,20-22H,1-5H2,(H,15,16,23);1-3H,4-7H2,(H,12,13)/t8-,10-,11-,14+;/m1./s1. The number of nitro benzene ring substituents is 1. The van der Waals surface area contributed by atoms with Gasteiger partial charge in [0, 0.05) is 32.2 Å². The molecule has 18 heteroatoms. The summed E-state index contributed by atoms with van der Waals surface area (Å²) in [5.74, 6) is -0.880. The molecule has 4 aromatic rings. The van der Waals surface area contributed by atoms with E-state index in [4.69, 9.17) is 14.2 Å². The van der Waals surface area contributed by atoms with E-state index in [9.17, 15) is 30.2 Å². The average molecular weight is 602 g/mol. The number of hydrogen-bond donors (Lipinski definition) is 5. The molecule has 0 aliphatic carbocycles. The number of aliphatic hydroxyl groups is 3. The molecule has 3 aliphatic heterocycles. The summed E-state index contributed by atoms with van der Waals surface area (Å²) in [7, 11) is 0. The van der Waals surface area contributed by atoms with E-state index in [-0.39, 0.29) is 16.9 Å². The summed E-state index contributed by atoms with van der Waals surface area (Å²) in [6.07, 6.45) is -1.11. The van der Waals surface area contributed by atoms with Crippen LogP contribution in [0.4, 0.5) is 11.6 Å². The molecule has 4 atom stereocenters. The van der Waals surface area contributed by atoms with E-state index >= 15 is 0 Å². The van der Waals surface area contributed by atoms with E-state index in [0.717, 1.165) is 13.1 Å². The van der Waals surface area contributed by atoms with Gasteiger partial charge in [-0.15, -0.1) is 0 Å². The fourth-order valence-electron chi connectivity index (χ4n) is 5.59. The molecule has 18 nitrogen and oxygen atoms in total. The van der Waals surface area contributed by atoms with Crippen LogP contribution >= 0.6 is 0 Å². The lowest BCUT2D eigenvalue weighted by molar-refractivity contribution is -0.383. The Bertz CT molecular complexity index is 1650. The molecule has 43 heavy (non-hydrogen) atoms. The van der Waals surface area contributed by atoms with E-state index in [1.807, 2.05) is 4.90 Å². The van der Waals surface area contributed by atoms with Gasteiger partial charge in [0.1, 0.15) is 24.6 Å². The third-order valence-corrected chi connectivity index (χ3v) is 7.73. The Balaban J connectivity index is 0.000000162. The smallest absolute Gasteiger partial charge is 0.297 e. The number of nitro groups is 1. The Hall–Kier alpha value is -4.04. The molecule has 1 aromatic carbocycles. The highest BCUT2D eigenvalue weighted by atomic mass is 16.6. The van der Waals surface area contributed by atoms with Gasteiger partial charge in [-0.05, 0) is 6.07 Å². The van der Waals surface area contributed by atoms with Crippen molar-refractivity contribution in [3.8, 4) is 0 Å². The molecule has 0 bridgehead atoms. The molecule has 230 valence electrons. The van der Waals surface area contributed by atoms with Gasteiger partial charge in [0.15, 0.2) is 16.7 Å². The molecular weight excluding hydrogens is 570 g/mol. The number of non-ortho nitro benzene ring substituents is 1. The summed E-state index contributed by atoms with van der Waals surface area (Å²) in [5, 5.41) is 41.6. The lowest BCUT2D eigenvalue weighted by Gasteiger charge is -2.44. The molecule has 0 amide bonds. The zero-order chi connectivity index (χ0) is 30.1. The predicted molar refractivity (Wildman–Crippen MR) is 148 cm³/mol. The van der Waals surface area contributed by atoms with E-state index in [1.54, 1.807) is 17.0 Å². The summed E-state index contributed by atoms with van der Waals surface area (Å²) in [5.41, 5.74) is 0.999. The van der Waals surface area contributed by atoms with Crippen molar-refractivity contribution in [1.82, 2.24) is 34.4 Å². The maximum Gasteiger partial charge on any atom is 0.297 e. The van der Waals surface area contributed by atoms with Crippen LogP contribution in [0.15, 0.2) is 35.6 Å². The van der Waals surface area contributed by atoms with Crippen molar-refractivity contribution in [3.05, 3.63) is 51.3 Å². The first kappa shape index (κ1) is 29.1. The third kappa shape index (κ3) is 5.12. The number of imidazole rings is 2. The van der Waals surface area contributed by atoms with Gasteiger partial charge in [-0.25, -0.2) is 15.0 Å². The maximum atomic E-state index is 12.0. The van der Waals surface area contributed by atoms with Crippen molar-refractivity contribution in [2.45, 2.75) is 24.2 Å². The van der Waals surface area contributed by atoms with Gasteiger partial charge in [0.05, 0.1) is 49.8 Å². The first-order valence-electron chi connectivity index (χ1n) is 13.7. The van der Waals surface area contributed by atoms with Crippen LogP contribution in [-0.4, -0.2) is 132 Å². The van der Waals surface area contributed by atoms with Gasteiger partial charge >= 0.3 is 0 Å². The molecule has 3 fully saturated rings. The number of morpholine rings is 2. The maximum absolute atomic E-state index is 12.0. The minimum absolute atomic E-state index is 0.0308. The molecule has 5 N–H and O–H groups in total. The van der Waals surface area contributed by atoms with Crippen molar-refractivity contribution in [3.63, 3.8) is 0 Å². The number of ether oxygens (including phenoxy) is 3. The zero-order valence-electron chi connectivity index (χ0n) is 22.9. The third-order valence-electron chi connectivity index (χ3n) is 7.73. The normalized spacial score (nSPS) is 26.5. The van der Waals surface area contributed by atoms with Crippen LogP contribution in [0, 0.1) is 10.1 Å². The lowest BCUT2D eigenvalue weighted by atomic mass is 10.1. The summed E-state index contributed by atoms with van der Waals surface area (Å²) in [4.78, 5) is 44.4. The molecule has 7 rings (SSSR count). The molecule has 3 aromatic heterocycles. The Labute approximate surface area is 242 Å². The molecular formula is C25H31N9O9. The van der Waals surface area contributed by atoms with Gasteiger partial charge < -0.3 is 44.4 Å². The second kappa shape index (κ2) is 11.9. The van der Waals surface area contributed by atoms with Crippen LogP contribution in [0.2, 0.25) is 0 Å². The molecule has 0 unspecified atom stereocenters. The number of nitrogens with zero attached hydrogens (tertiary/aromatic N) is 7. The van der Waals surface area contributed by atoms with Crippen LogP contribution in [0.25, 0.3) is 22.2 Å². The highest BCUT2D eigenvalue weighted by Gasteiger charge is 2.59. The minimum Gasteiger partial charge on any atom is -0.394 e. The average Bonchev–Trinajstić information content (AvgIpc) is 3.74. The fraction of sp³-hybridized carbons (Fsp3) is 0.520. The number of aromatic nitrogens is 6. The quantitative estimate of drug-likeness (QED) is 0.129. The van der Waals surface area contributed by atoms with Crippen LogP contribution < -0.4 is 10.5 Å². The number of aromatic amines is 2. The first-order chi connectivity index (χ1) is 20.8. The van der Waals surface area contributed by atoms with Gasteiger partial charge in [-0.2, -0.15) is 0 Å². The second-order valence-corrected chi connectivity index (χ2v) is 10.1. The Kier molecular flexibility index (Phi) is 8.05. The SMILES string of the molecule is O=[N+]([O-])c1cccc2[nH]c(N3CCOCC3)nc12.O=c1[nH]cnc2c1ncn2[C@]1(N2CCOCC2)O[C@H](CO)[C@@H](O)[C@H]1O. The zero-order valence-corrected chi connectivity index (χ0v) is 22.9. The van der Waals surface area contributed by atoms with Gasteiger partial charge in [-0.3, -0.25) is 24.4 Å². The number of anilines is 1. The van der Waals surface area contributed by atoms with Gasteiger partial charge in [-0.1, -0.05) is 6.07 Å². The summed E-state index contributed by atoms with van der Waals surface area (Å²) in [6.45, 7) is 4.00. The summed E-state index contributed by atoms with van der Waals surface area (Å²) < 4.78 is 18.0. The van der Waals surface area contributed by atoms with E-state index < -0.39 is 41.3 Å². The number of aliphatic hydroxyl groups excluding tert-OH is 3. The summed E-state index contributed by atoms with van der Waals surface area (Å²) in [6, 6.07) is 4.91. The van der Waals surface area contributed by atoms with Crippen molar-refractivity contribution < 1.29 is 34.5 Å². The van der Waals surface area contributed by atoms with Crippen LogP contribution in [0.5, 0.6) is 0 Å². The number of benzene rings is 1. The molecule has 0 saturated carbocycles. The number of para-hydroxylation sites is 1. The molecule has 3 saturated heterocycles. The van der Waals surface area contributed by atoms with Crippen molar-refractivity contribution in [1.29, 1.82) is 0 Å². The van der Waals surface area contributed by atoms with E-state index in [0.29, 0.717) is 56.5 Å². The Morgan fingerprint density at radius 1 is 1.07 bits per heavy atom. The highest BCUT2D eigenvalue weighted by Crippen LogP contribution is 2.40. The number of hydrogen-bond acceptors (Lipinski definition) is 14.